The number of aromatic nitrogens is 2. The summed E-state index contributed by atoms with van der Waals surface area (Å²) in [7, 11) is 0. The van der Waals surface area contributed by atoms with Crippen molar-refractivity contribution in [2.45, 2.75) is 26.7 Å². The smallest absolute Gasteiger partial charge is 0.0956 e. The lowest BCUT2D eigenvalue weighted by Crippen LogP contribution is -1.81. The summed E-state index contributed by atoms with van der Waals surface area (Å²) in [6.45, 7) is 6.32. The fraction of sp³-hybridized carbons (Fsp3) is 0.333. The Bertz CT molecular complexity index is 443. The summed E-state index contributed by atoms with van der Waals surface area (Å²) >= 11 is 1.75. The van der Waals surface area contributed by atoms with E-state index in [1.165, 1.54) is 9.88 Å². The third-order valence-electron chi connectivity index (χ3n) is 2.21. The van der Waals surface area contributed by atoms with E-state index in [1.807, 2.05) is 25.4 Å². The van der Waals surface area contributed by atoms with Crippen molar-refractivity contribution in [1.82, 2.24) is 9.97 Å². The quantitative estimate of drug-likeness (QED) is 0.769. The first-order valence-corrected chi connectivity index (χ1v) is 5.87. The minimum absolute atomic E-state index is 0.502. The van der Waals surface area contributed by atoms with E-state index in [1.54, 1.807) is 11.3 Å². The molecule has 0 fully saturated rings. The van der Waals surface area contributed by atoms with E-state index in [2.05, 4.69) is 29.9 Å². The third kappa shape index (κ3) is 2.23. The van der Waals surface area contributed by atoms with Gasteiger partial charge in [-0.25, -0.2) is 4.98 Å². The van der Waals surface area contributed by atoms with Gasteiger partial charge in [-0.15, -0.1) is 11.3 Å². The molecule has 2 aromatic rings. The second-order valence-electron chi connectivity index (χ2n) is 3.91. The van der Waals surface area contributed by atoms with Crippen LogP contribution in [0.3, 0.4) is 0 Å². The Morgan fingerprint density at radius 1 is 1.13 bits per heavy atom. The Hall–Kier alpha value is -1.22. The Labute approximate surface area is 94.0 Å². The normalized spacial score (nSPS) is 10.9. The van der Waals surface area contributed by atoms with Gasteiger partial charge in [0.05, 0.1) is 9.88 Å². The van der Waals surface area contributed by atoms with Crippen molar-refractivity contribution in [1.29, 1.82) is 0 Å². The van der Waals surface area contributed by atoms with Crippen LogP contribution in [0, 0.1) is 6.92 Å². The zero-order valence-corrected chi connectivity index (χ0v) is 10.0. The number of pyridine rings is 1. The van der Waals surface area contributed by atoms with Crippen molar-refractivity contribution in [3.63, 3.8) is 0 Å². The summed E-state index contributed by atoms with van der Waals surface area (Å²) in [6, 6.07) is 4.13. The molecular formula is C12H14N2S. The van der Waals surface area contributed by atoms with E-state index in [-0.39, 0.29) is 0 Å². The molecule has 0 aliphatic rings. The molecule has 0 saturated heterocycles. The number of thiazole rings is 1. The fourth-order valence-electron chi connectivity index (χ4n) is 1.30. The van der Waals surface area contributed by atoms with Gasteiger partial charge in [-0.1, -0.05) is 19.9 Å². The summed E-state index contributed by atoms with van der Waals surface area (Å²) < 4.78 is 0. The maximum absolute atomic E-state index is 4.41. The Morgan fingerprint density at radius 3 is 2.47 bits per heavy atom. The van der Waals surface area contributed by atoms with Crippen LogP contribution in [0.25, 0.3) is 10.4 Å². The number of hydrogen-bond acceptors (Lipinski definition) is 3. The molecule has 2 aromatic heterocycles. The molecule has 0 spiro atoms. The first kappa shape index (κ1) is 10.3. The summed E-state index contributed by atoms with van der Waals surface area (Å²) in [6.07, 6.45) is 3.85. The Balaban J connectivity index is 2.33. The van der Waals surface area contributed by atoms with E-state index in [0.717, 1.165) is 11.3 Å². The molecule has 0 N–H and O–H groups in total. The van der Waals surface area contributed by atoms with E-state index in [9.17, 15) is 0 Å². The first-order valence-electron chi connectivity index (χ1n) is 5.05. The largest absolute Gasteiger partial charge is 0.261 e. The highest BCUT2D eigenvalue weighted by atomic mass is 32.1. The van der Waals surface area contributed by atoms with Crippen LogP contribution in [0.4, 0.5) is 0 Å². The van der Waals surface area contributed by atoms with Gasteiger partial charge in [-0.2, -0.15) is 0 Å². The molecular weight excluding hydrogens is 204 g/mol. The van der Waals surface area contributed by atoms with Crippen LogP contribution in [0.5, 0.6) is 0 Å². The number of rotatable bonds is 2. The minimum atomic E-state index is 0.502. The van der Waals surface area contributed by atoms with Gasteiger partial charge in [0.1, 0.15) is 0 Å². The zero-order chi connectivity index (χ0) is 10.8. The van der Waals surface area contributed by atoms with Crippen molar-refractivity contribution >= 4 is 11.3 Å². The Morgan fingerprint density at radius 2 is 1.93 bits per heavy atom. The molecule has 2 nitrogen and oxygen atoms in total. The van der Waals surface area contributed by atoms with E-state index < -0.39 is 0 Å². The number of nitrogens with zero attached hydrogens (tertiary/aromatic N) is 2. The molecule has 0 aliphatic carbocycles. The van der Waals surface area contributed by atoms with Gasteiger partial charge in [-0.3, -0.25) is 4.98 Å². The van der Waals surface area contributed by atoms with Gasteiger partial charge in [-0.05, 0) is 13.0 Å². The van der Waals surface area contributed by atoms with Crippen molar-refractivity contribution < 1.29 is 0 Å². The second kappa shape index (κ2) is 4.11. The zero-order valence-electron chi connectivity index (χ0n) is 9.19. The predicted molar refractivity (Wildman–Crippen MR) is 64.2 cm³/mol. The maximum atomic E-state index is 4.41. The molecule has 0 atom stereocenters. The summed E-state index contributed by atoms with van der Waals surface area (Å²) in [5.74, 6) is 0.502. The lowest BCUT2D eigenvalue weighted by atomic mass is 10.2. The minimum Gasteiger partial charge on any atom is -0.261 e. The van der Waals surface area contributed by atoms with E-state index in [4.69, 9.17) is 0 Å². The van der Waals surface area contributed by atoms with Crippen LogP contribution in [-0.2, 0) is 0 Å². The highest BCUT2D eigenvalue weighted by Crippen LogP contribution is 2.29. The molecule has 78 valence electrons. The molecule has 0 amide bonds. The van der Waals surface area contributed by atoms with Crippen LogP contribution in [0.15, 0.2) is 24.5 Å². The summed E-state index contributed by atoms with van der Waals surface area (Å²) in [5, 5.41) is 1.19. The molecule has 2 heterocycles. The van der Waals surface area contributed by atoms with Crippen LogP contribution in [0.2, 0.25) is 0 Å². The molecule has 0 radical (unpaired) electrons. The lowest BCUT2D eigenvalue weighted by Gasteiger charge is -1.97. The van der Waals surface area contributed by atoms with Crippen molar-refractivity contribution in [3.05, 3.63) is 35.2 Å². The van der Waals surface area contributed by atoms with E-state index in [0.29, 0.717) is 5.92 Å². The topological polar surface area (TPSA) is 25.8 Å². The van der Waals surface area contributed by atoms with Gasteiger partial charge >= 0.3 is 0 Å². The highest BCUT2D eigenvalue weighted by Gasteiger charge is 2.07. The van der Waals surface area contributed by atoms with Crippen molar-refractivity contribution in [2.75, 3.05) is 0 Å². The van der Waals surface area contributed by atoms with Gasteiger partial charge in [0, 0.05) is 29.6 Å². The predicted octanol–water partition coefficient (Wildman–Crippen LogP) is 3.64. The number of aryl methyl sites for hydroxylation is 1. The van der Waals surface area contributed by atoms with Gasteiger partial charge in [0.15, 0.2) is 0 Å². The van der Waals surface area contributed by atoms with E-state index >= 15 is 0 Å². The molecule has 0 aliphatic heterocycles. The molecule has 0 unspecified atom stereocenters. The van der Waals surface area contributed by atoms with Crippen LogP contribution in [0.1, 0.15) is 30.5 Å². The lowest BCUT2D eigenvalue weighted by molar-refractivity contribution is 0.852. The van der Waals surface area contributed by atoms with Crippen LogP contribution >= 0.6 is 11.3 Å². The third-order valence-corrected chi connectivity index (χ3v) is 3.56. The Kier molecular flexibility index (Phi) is 2.82. The maximum Gasteiger partial charge on any atom is 0.0956 e. The van der Waals surface area contributed by atoms with Gasteiger partial charge in [0.2, 0.25) is 0 Å². The van der Waals surface area contributed by atoms with Crippen LogP contribution in [-0.4, -0.2) is 9.97 Å². The highest BCUT2D eigenvalue weighted by molar-refractivity contribution is 7.15. The average Bonchev–Trinajstić information content (AvgIpc) is 2.68. The average molecular weight is 218 g/mol. The van der Waals surface area contributed by atoms with Crippen LogP contribution < -0.4 is 0 Å². The molecule has 0 bridgehead atoms. The monoisotopic (exact) mass is 218 g/mol. The van der Waals surface area contributed by atoms with Crippen molar-refractivity contribution in [2.24, 2.45) is 0 Å². The van der Waals surface area contributed by atoms with Gasteiger partial charge in [0.25, 0.3) is 0 Å². The van der Waals surface area contributed by atoms with Crippen molar-refractivity contribution in [3.8, 4) is 10.4 Å². The standard InChI is InChI=1S/C12H14N2S/c1-8(2)12-14-7-11(15-12)10-5-4-9(3)13-6-10/h4-8H,1-3H3. The second-order valence-corrected chi connectivity index (χ2v) is 4.97. The molecule has 3 heteroatoms. The molecule has 15 heavy (non-hydrogen) atoms. The fourth-order valence-corrected chi connectivity index (χ4v) is 2.21. The van der Waals surface area contributed by atoms with Gasteiger partial charge < -0.3 is 0 Å². The summed E-state index contributed by atoms with van der Waals surface area (Å²) in [4.78, 5) is 9.89. The SMILES string of the molecule is Cc1ccc(-c2cnc(C(C)C)s2)cn1. The molecule has 2 rings (SSSR count). The number of hydrogen-bond donors (Lipinski definition) is 0. The first-order chi connectivity index (χ1) is 7.16. The molecule has 0 saturated carbocycles. The molecule has 0 aromatic carbocycles. The summed E-state index contributed by atoms with van der Waals surface area (Å²) in [5.41, 5.74) is 2.21.